The van der Waals surface area contributed by atoms with E-state index in [-0.39, 0.29) is 5.56 Å². The van der Waals surface area contributed by atoms with Gasteiger partial charge in [-0.25, -0.2) is 4.98 Å². The maximum absolute atomic E-state index is 11.7. The minimum Gasteiger partial charge on any atom is -0.302 e. The zero-order chi connectivity index (χ0) is 11.1. The van der Waals surface area contributed by atoms with Gasteiger partial charge >= 0.3 is 0 Å². The highest BCUT2D eigenvalue weighted by Crippen LogP contribution is 2.27. The third-order valence-corrected chi connectivity index (χ3v) is 2.60. The lowest BCUT2D eigenvalue weighted by Crippen LogP contribution is -2.16. The van der Waals surface area contributed by atoms with Crippen molar-refractivity contribution >= 4 is 11.0 Å². The van der Waals surface area contributed by atoms with Gasteiger partial charge in [-0.15, -0.1) is 0 Å². The van der Waals surface area contributed by atoms with Crippen molar-refractivity contribution in [2.45, 2.75) is 12.8 Å². The fraction of sp³-hybridized carbons (Fsp3) is 0.364. The summed E-state index contributed by atoms with van der Waals surface area (Å²) in [7, 11) is 1.67. The van der Waals surface area contributed by atoms with Gasteiger partial charge in [-0.05, 0) is 12.8 Å². The first-order valence-electron chi connectivity index (χ1n) is 5.16. The van der Waals surface area contributed by atoms with E-state index < -0.39 is 0 Å². The molecule has 0 atom stereocenters. The van der Waals surface area contributed by atoms with Crippen LogP contribution in [-0.4, -0.2) is 19.3 Å². The van der Waals surface area contributed by atoms with Crippen molar-refractivity contribution < 1.29 is 0 Å². The lowest BCUT2D eigenvalue weighted by Gasteiger charge is -1.95. The first kappa shape index (κ1) is 9.16. The zero-order valence-corrected chi connectivity index (χ0v) is 8.84. The Kier molecular flexibility index (Phi) is 1.83. The molecule has 0 bridgehead atoms. The van der Waals surface area contributed by atoms with Crippen molar-refractivity contribution in [3.8, 4) is 12.0 Å². The maximum atomic E-state index is 11.7. The second-order valence-electron chi connectivity index (χ2n) is 3.98. The summed E-state index contributed by atoms with van der Waals surface area (Å²) in [5.74, 6) is 3.59. The molecule has 80 valence electrons. The number of hydrogen-bond donors (Lipinski definition) is 0. The third-order valence-electron chi connectivity index (χ3n) is 2.60. The molecule has 1 fully saturated rings. The molecule has 1 saturated carbocycles. The van der Waals surface area contributed by atoms with Crippen LogP contribution in [0.5, 0.6) is 0 Å². The van der Waals surface area contributed by atoms with Gasteiger partial charge in [-0.3, -0.25) is 4.79 Å². The van der Waals surface area contributed by atoms with Gasteiger partial charge < -0.3 is 4.57 Å². The minimum atomic E-state index is -0.0931. The van der Waals surface area contributed by atoms with Gasteiger partial charge in [0.1, 0.15) is 5.39 Å². The summed E-state index contributed by atoms with van der Waals surface area (Å²) in [5.41, 5.74) is 0.445. The largest absolute Gasteiger partial charge is 0.302 e. The minimum absolute atomic E-state index is 0.0931. The first-order valence-corrected chi connectivity index (χ1v) is 5.16. The van der Waals surface area contributed by atoms with Crippen LogP contribution in [0.1, 0.15) is 12.8 Å². The van der Waals surface area contributed by atoms with E-state index in [1.54, 1.807) is 7.05 Å². The quantitative estimate of drug-likeness (QED) is 0.594. The van der Waals surface area contributed by atoms with Crippen LogP contribution in [0, 0.1) is 17.9 Å². The first-order chi connectivity index (χ1) is 7.75. The van der Waals surface area contributed by atoms with E-state index in [2.05, 4.69) is 22.0 Å². The lowest BCUT2D eigenvalue weighted by atomic mass is 10.4. The van der Waals surface area contributed by atoms with Gasteiger partial charge in [-0.2, -0.15) is 9.78 Å². The number of aryl methyl sites for hydroxylation is 1. The van der Waals surface area contributed by atoms with Gasteiger partial charge in [0.05, 0.1) is 12.5 Å². The number of hydrogen-bond acceptors (Lipinski definition) is 3. The number of rotatable bonds is 0. The number of nitrogens with zero attached hydrogens (tertiary/aromatic N) is 4. The standard InChI is InChI=1S/C11H10N4O/c1-14-7-12-10-9(11(14)16)6-13-15(10)5-4-8-2-3-8/h6-8H,2-3H2,1H3. The molecular weight excluding hydrogens is 204 g/mol. The van der Waals surface area contributed by atoms with Crippen molar-refractivity contribution in [3.05, 3.63) is 22.9 Å². The fourth-order valence-electron chi connectivity index (χ4n) is 1.46. The molecule has 0 N–H and O–H groups in total. The molecule has 2 aromatic heterocycles. The number of aromatic nitrogens is 4. The lowest BCUT2D eigenvalue weighted by molar-refractivity contribution is 0.835. The normalized spacial score (nSPS) is 14.8. The van der Waals surface area contributed by atoms with Crippen LogP contribution in [0.15, 0.2) is 17.3 Å². The summed E-state index contributed by atoms with van der Waals surface area (Å²) < 4.78 is 2.91. The van der Waals surface area contributed by atoms with Gasteiger partial charge in [0.2, 0.25) is 0 Å². The van der Waals surface area contributed by atoms with Gasteiger partial charge in [0.15, 0.2) is 5.65 Å². The van der Waals surface area contributed by atoms with Crippen LogP contribution in [-0.2, 0) is 7.05 Å². The molecule has 1 aliphatic rings. The molecule has 3 rings (SSSR count). The predicted octanol–water partition coefficient (Wildman–Crippen LogP) is 0.349. The molecular formula is C11H10N4O. The van der Waals surface area contributed by atoms with E-state index in [4.69, 9.17) is 0 Å². The molecule has 5 heteroatoms. The number of fused-ring (bicyclic) bond motifs is 1. The van der Waals surface area contributed by atoms with Gasteiger partial charge in [-0.1, -0.05) is 5.92 Å². The van der Waals surface area contributed by atoms with Crippen LogP contribution in [0.4, 0.5) is 0 Å². The highest BCUT2D eigenvalue weighted by molar-refractivity contribution is 5.73. The Bertz CT molecular complexity index is 667. The molecule has 0 amide bonds. The molecule has 1 aliphatic carbocycles. The monoisotopic (exact) mass is 214 g/mol. The van der Waals surface area contributed by atoms with E-state index in [0.717, 1.165) is 0 Å². The van der Waals surface area contributed by atoms with Crippen LogP contribution in [0.25, 0.3) is 11.0 Å². The maximum Gasteiger partial charge on any atom is 0.264 e. The molecule has 2 aromatic rings. The average molecular weight is 214 g/mol. The second-order valence-corrected chi connectivity index (χ2v) is 3.98. The molecule has 5 nitrogen and oxygen atoms in total. The Morgan fingerprint density at radius 2 is 2.31 bits per heavy atom. The topological polar surface area (TPSA) is 52.7 Å². The Labute approximate surface area is 91.7 Å². The Morgan fingerprint density at radius 3 is 3.06 bits per heavy atom. The van der Waals surface area contributed by atoms with Crippen molar-refractivity contribution in [1.29, 1.82) is 0 Å². The Balaban J connectivity index is 2.18. The van der Waals surface area contributed by atoms with E-state index >= 15 is 0 Å². The molecule has 0 unspecified atom stereocenters. The van der Waals surface area contributed by atoms with E-state index in [9.17, 15) is 4.79 Å². The van der Waals surface area contributed by atoms with Gasteiger partial charge in [0, 0.05) is 19.0 Å². The van der Waals surface area contributed by atoms with Gasteiger partial charge in [0.25, 0.3) is 5.56 Å². The molecule has 0 radical (unpaired) electrons. The summed E-state index contributed by atoms with van der Waals surface area (Å²) in [6.45, 7) is 0. The van der Waals surface area contributed by atoms with Crippen LogP contribution < -0.4 is 5.56 Å². The fourth-order valence-corrected chi connectivity index (χ4v) is 1.46. The summed E-state index contributed by atoms with van der Waals surface area (Å²) in [6.07, 6.45) is 5.34. The molecule has 16 heavy (non-hydrogen) atoms. The SMILES string of the molecule is Cn1cnc2c(cnn2C#CC2CC2)c1=O. The summed E-state index contributed by atoms with van der Waals surface area (Å²) in [4.78, 5) is 15.9. The molecule has 0 aromatic carbocycles. The van der Waals surface area contributed by atoms with Crippen LogP contribution in [0.2, 0.25) is 0 Å². The predicted molar refractivity (Wildman–Crippen MR) is 58.7 cm³/mol. The van der Waals surface area contributed by atoms with E-state index in [1.807, 2.05) is 0 Å². The Morgan fingerprint density at radius 1 is 1.50 bits per heavy atom. The zero-order valence-electron chi connectivity index (χ0n) is 8.84. The molecule has 0 spiro atoms. The molecule has 2 heterocycles. The van der Waals surface area contributed by atoms with Crippen LogP contribution >= 0.6 is 0 Å². The molecule has 0 saturated heterocycles. The Hall–Kier alpha value is -2.09. The van der Waals surface area contributed by atoms with Crippen LogP contribution in [0.3, 0.4) is 0 Å². The van der Waals surface area contributed by atoms with Crippen molar-refractivity contribution in [1.82, 2.24) is 19.3 Å². The highest BCUT2D eigenvalue weighted by Gasteiger charge is 2.18. The second kappa shape index (κ2) is 3.20. The smallest absolute Gasteiger partial charge is 0.264 e. The molecule has 0 aliphatic heterocycles. The highest BCUT2D eigenvalue weighted by atomic mass is 16.1. The van der Waals surface area contributed by atoms with Crippen molar-refractivity contribution in [2.24, 2.45) is 13.0 Å². The summed E-state index contributed by atoms with van der Waals surface area (Å²) in [5, 5.41) is 4.57. The third kappa shape index (κ3) is 1.39. The van der Waals surface area contributed by atoms with Crippen molar-refractivity contribution in [3.63, 3.8) is 0 Å². The van der Waals surface area contributed by atoms with E-state index in [1.165, 1.54) is 34.6 Å². The average Bonchev–Trinajstić information content (AvgIpc) is 3.01. The van der Waals surface area contributed by atoms with Crippen molar-refractivity contribution in [2.75, 3.05) is 0 Å². The summed E-state index contributed by atoms with van der Waals surface area (Å²) >= 11 is 0. The summed E-state index contributed by atoms with van der Waals surface area (Å²) in [6, 6.07) is 2.92. The van der Waals surface area contributed by atoms with E-state index in [0.29, 0.717) is 17.0 Å².